The van der Waals surface area contributed by atoms with Crippen LogP contribution in [0.25, 0.3) is 0 Å². The number of hydrogen-bond donors (Lipinski definition) is 2. The van der Waals surface area contributed by atoms with Crippen molar-refractivity contribution in [3.8, 4) is 0 Å². The molecular weight excluding hydrogens is 439 g/mol. The fourth-order valence-corrected chi connectivity index (χ4v) is 4.98. The van der Waals surface area contributed by atoms with Gasteiger partial charge >= 0.3 is 6.03 Å². The molecule has 0 aromatic heterocycles. The minimum Gasteiger partial charge on any atom is -0.353 e. The molecule has 2 aliphatic heterocycles. The first-order valence-corrected chi connectivity index (χ1v) is 11.4. The molecule has 4 rings (SSSR count). The van der Waals surface area contributed by atoms with Crippen LogP contribution in [0.1, 0.15) is 50.1 Å². The third-order valence-electron chi connectivity index (χ3n) is 6.31. The molecule has 1 unspecified atom stereocenters. The lowest BCUT2D eigenvalue weighted by molar-refractivity contribution is -0.127. The zero-order chi connectivity index (χ0) is 22.1. The molecule has 0 spiro atoms. The number of carbonyl (C=O) groups excluding carboxylic acids is 3. The van der Waals surface area contributed by atoms with E-state index in [9.17, 15) is 14.4 Å². The van der Waals surface area contributed by atoms with Crippen molar-refractivity contribution in [1.82, 2.24) is 20.4 Å². The average molecular weight is 465 g/mol. The van der Waals surface area contributed by atoms with Crippen LogP contribution in [0.15, 0.2) is 29.5 Å². The summed E-state index contributed by atoms with van der Waals surface area (Å²) < 4.78 is 0. The van der Waals surface area contributed by atoms with Gasteiger partial charge in [-0.15, -0.1) is 0 Å². The maximum absolute atomic E-state index is 13.3. The van der Waals surface area contributed by atoms with Crippen molar-refractivity contribution in [3.05, 3.63) is 45.1 Å². The second-order valence-electron chi connectivity index (χ2n) is 8.32. The number of nitrogens with zero attached hydrogens (tertiary/aromatic N) is 2. The molecule has 1 atom stereocenters. The Morgan fingerprint density at radius 3 is 2.68 bits per heavy atom. The van der Waals surface area contributed by atoms with E-state index in [1.165, 1.54) is 11.3 Å². The Labute approximate surface area is 191 Å². The molecule has 1 fully saturated rings. The van der Waals surface area contributed by atoms with Gasteiger partial charge in [0.05, 0.1) is 33.9 Å². The zero-order valence-corrected chi connectivity index (χ0v) is 18.9. The van der Waals surface area contributed by atoms with Crippen LogP contribution in [-0.2, 0) is 9.59 Å². The first-order valence-electron chi connectivity index (χ1n) is 10.7. The SMILES string of the molecule is CN1C(=O)NC(c2cccc(Cl)c2Cl)C2=C1CN(CCC(=O)NC1CCCCC1)C2=O. The molecular formula is C22H26Cl2N4O3. The normalized spacial score (nSPS) is 22.0. The van der Waals surface area contributed by atoms with E-state index in [0.29, 0.717) is 33.4 Å². The highest BCUT2D eigenvalue weighted by Crippen LogP contribution is 2.39. The Kier molecular flexibility index (Phi) is 6.44. The molecule has 1 aliphatic carbocycles. The summed E-state index contributed by atoms with van der Waals surface area (Å²) in [5, 5.41) is 6.60. The summed E-state index contributed by atoms with van der Waals surface area (Å²) in [4.78, 5) is 41.3. The van der Waals surface area contributed by atoms with Gasteiger partial charge in [0.1, 0.15) is 0 Å². The maximum Gasteiger partial charge on any atom is 0.322 e. The van der Waals surface area contributed by atoms with Gasteiger partial charge in [-0.05, 0) is 24.5 Å². The van der Waals surface area contributed by atoms with Gasteiger partial charge in [0.15, 0.2) is 0 Å². The highest BCUT2D eigenvalue weighted by Gasteiger charge is 2.43. The third kappa shape index (κ3) is 4.39. The lowest BCUT2D eigenvalue weighted by Crippen LogP contribution is -2.45. The number of urea groups is 1. The molecule has 7 nitrogen and oxygen atoms in total. The molecule has 2 heterocycles. The van der Waals surface area contributed by atoms with Gasteiger partial charge in [-0.25, -0.2) is 4.79 Å². The van der Waals surface area contributed by atoms with Crippen LogP contribution in [0.3, 0.4) is 0 Å². The summed E-state index contributed by atoms with van der Waals surface area (Å²) in [6, 6.07) is 4.39. The molecule has 0 radical (unpaired) electrons. The number of halogens is 2. The predicted molar refractivity (Wildman–Crippen MR) is 119 cm³/mol. The van der Waals surface area contributed by atoms with E-state index in [1.807, 2.05) is 0 Å². The quantitative estimate of drug-likeness (QED) is 0.697. The molecule has 3 aliphatic rings. The Balaban J connectivity index is 1.48. The van der Waals surface area contributed by atoms with Gasteiger partial charge in [0.2, 0.25) is 5.91 Å². The molecule has 1 aromatic rings. The number of hydrogen-bond acceptors (Lipinski definition) is 3. The van der Waals surface area contributed by atoms with Crippen LogP contribution >= 0.6 is 23.2 Å². The molecule has 1 aromatic carbocycles. The number of likely N-dealkylation sites (N-methyl/N-ethyl adjacent to an activating group) is 1. The van der Waals surface area contributed by atoms with E-state index < -0.39 is 6.04 Å². The van der Waals surface area contributed by atoms with Gasteiger partial charge in [0, 0.05) is 26.1 Å². The first-order chi connectivity index (χ1) is 14.9. The van der Waals surface area contributed by atoms with E-state index in [1.54, 1.807) is 30.1 Å². The minimum absolute atomic E-state index is 0.0402. The number of benzene rings is 1. The van der Waals surface area contributed by atoms with Crippen molar-refractivity contribution in [3.63, 3.8) is 0 Å². The minimum atomic E-state index is -0.682. The van der Waals surface area contributed by atoms with Crippen molar-refractivity contribution in [2.24, 2.45) is 0 Å². The van der Waals surface area contributed by atoms with Crippen molar-refractivity contribution in [1.29, 1.82) is 0 Å². The number of carbonyl (C=O) groups is 3. The van der Waals surface area contributed by atoms with Gasteiger partial charge in [0.25, 0.3) is 5.91 Å². The predicted octanol–water partition coefficient (Wildman–Crippen LogP) is 3.62. The Morgan fingerprint density at radius 1 is 1.19 bits per heavy atom. The van der Waals surface area contributed by atoms with Crippen LogP contribution in [0.4, 0.5) is 4.79 Å². The topological polar surface area (TPSA) is 81.8 Å². The van der Waals surface area contributed by atoms with Crippen LogP contribution in [0.5, 0.6) is 0 Å². The van der Waals surface area contributed by atoms with Gasteiger partial charge in [-0.3, -0.25) is 14.5 Å². The monoisotopic (exact) mass is 464 g/mol. The molecule has 166 valence electrons. The number of nitrogens with one attached hydrogen (secondary N) is 2. The lowest BCUT2D eigenvalue weighted by atomic mass is 9.95. The smallest absolute Gasteiger partial charge is 0.322 e. The average Bonchev–Trinajstić information content (AvgIpc) is 3.09. The van der Waals surface area contributed by atoms with E-state index >= 15 is 0 Å². The summed E-state index contributed by atoms with van der Waals surface area (Å²) >= 11 is 12.5. The first kappa shape index (κ1) is 22.0. The molecule has 4 amide bonds. The summed E-state index contributed by atoms with van der Waals surface area (Å²) in [7, 11) is 1.63. The largest absolute Gasteiger partial charge is 0.353 e. The second kappa shape index (κ2) is 9.09. The van der Waals surface area contributed by atoms with Gasteiger partial charge in [-0.2, -0.15) is 0 Å². The van der Waals surface area contributed by atoms with E-state index in [2.05, 4.69) is 10.6 Å². The van der Waals surface area contributed by atoms with E-state index in [-0.39, 0.29) is 36.9 Å². The van der Waals surface area contributed by atoms with Crippen molar-refractivity contribution >= 4 is 41.0 Å². The Morgan fingerprint density at radius 2 is 1.94 bits per heavy atom. The molecule has 31 heavy (non-hydrogen) atoms. The summed E-state index contributed by atoms with van der Waals surface area (Å²) in [6.45, 7) is 0.575. The third-order valence-corrected chi connectivity index (χ3v) is 7.14. The summed E-state index contributed by atoms with van der Waals surface area (Å²) in [6.07, 6.45) is 5.79. The van der Waals surface area contributed by atoms with Crippen LogP contribution in [0, 0.1) is 0 Å². The van der Waals surface area contributed by atoms with Gasteiger partial charge in [-0.1, -0.05) is 54.6 Å². The number of amides is 4. The summed E-state index contributed by atoms with van der Waals surface area (Å²) in [5.74, 6) is -0.241. The molecule has 2 N–H and O–H groups in total. The number of rotatable bonds is 5. The van der Waals surface area contributed by atoms with E-state index in [4.69, 9.17) is 23.2 Å². The Hall–Kier alpha value is -2.25. The second-order valence-corrected chi connectivity index (χ2v) is 9.11. The lowest BCUT2D eigenvalue weighted by Gasteiger charge is -2.31. The molecule has 9 heteroatoms. The summed E-state index contributed by atoms with van der Waals surface area (Å²) in [5.41, 5.74) is 1.68. The fraction of sp³-hybridized carbons (Fsp3) is 0.500. The highest BCUT2D eigenvalue weighted by atomic mass is 35.5. The molecule has 0 saturated heterocycles. The van der Waals surface area contributed by atoms with E-state index in [0.717, 1.165) is 25.7 Å². The van der Waals surface area contributed by atoms with Gasteiger partial charge < -0.3 is 15.5 Å². The van der Waals surface area contributed by atoms with Crippen LogP contribution in [-0.4, -0.2) is 53.8 Å². The maximum atomic E-state index is 13.3. The highest BCUT2D eigenvalue weighted by molar-refractivity contribution is 6.42. The standard InChI is InChI=1S/C22H26Cl2N4O3/c1-27-16-12-28(11-10-17(29)25-13-6-3-2-4-7-13)21(30)18(16)20(26-22(27)31)14-8-5-9-15(23)19(14)24/h5,8-9,13,20H,2-4,6-7,10-12H2,1H3,(H,25,29)(H,26,31). The molecule has 1 saturated carbocycles. The van der Waals surface area contributed by atoms with Crippen molar-refractivity contribution < 1.29 is 14.4 Å². The Bertz CT molecular complexity index is 943. The zero-order valence-electron chi connectivity index (χ0n) is 17.4. The van der Waals surface area contributed by atoms with Crippen molar-refractivity contribution in [2.45, 2.75) is 50.6 Å². The molecule has 0 bridgehead atoms. The van der Waals surface area contributed by atoms with Crippen molar-refractivity contribution in [2.75, 3.05) is 20.1 Å². The van der Waals surface area contributed by atoms with Crippen LogP contribution in [0.2, 0.25) is 10.0 Å². The van der Waals surface area contributed by atoms with Crippen LogP contribution < -0.4 is 10.6 Å². The fourth-order valence-electron chi connectivity index (χ4n) is 4.56.